The number of hydrogen-bond acceptors (Lipinski definition) is 3. The van der Waals surface area contributed by atoms with Crippen molar-refractivity contribution in [2.75, 3.05) is 19.6 Å². The minimum absolute atomic E-state index is 0. The predicted octanol–water partition coefficient (Wildman–Crippen LogP) is 2.57. The zero-order valence-electron chi connectivity index (χ0n) is 15.2. The van der Waals surface area contributed by atoms with Crippen LogP contribution in [0.15, 0.2) is 60.7 Å². The Morgan fingerprint density at radius 3 is 2.30 bits per heavy atom. The molecule has 2 aromatic rings. The van der Waals surface area contributed by atoms with Gasteiger partial charge >= 0.3 is 0 Å². The summed E-state index contributed by atoms with van der Waals surface area (Å²) < 4.78 is 0. The van der Waals surface area contributed by atoms with Gasteiger partial charge in [-0.05, 0) is 24.1 Å². The normalized spacial score (nSPS) is 18.6. The van der Waals surface area contributed by atoms with Crippen LogP contribution in [0.5, 0.6) is 0 Å². The van der Waals surface area contributed by atoms with E-state index >= 15 is 0 Å². The predicted molar refractivity (Wildman–Crippen MR) is 109 cm³/mol. The SMILES string of the molecule is Cl.N[C@@H]1CN(C(=O)CCCNC(=O)c2ccccc2)C[C@H]1c1ccccc1. The van der Waals surface area contributed by atoms with E-state index in [4.69, 9.17) is 5.73 Å². The summed E-state index contributed by atoms with van der Waals surface area (Å²) in [6.45, 7) is 1.75. The molecule has 3 N–H and O–H groups in total. The van der Waals surface area contributed by atoms with Gasteiger partial charge in [0, 0.05) is 43.6 Å². The summed E-state index contributed by atoms with van der Waals surface area (Å²) in [7, 11) is 0. The van der Waals surface area contributed by atoms with Crippen LogP contribution in [0.1, 0.15) is 34.7 Å². The van der Waals surface area contributed by atoms with E-state index in [2.05, 4.69) is 17.4 Å². The number of nitrogens with one attached hydrogen (secondary N) is 1. The third kappa shape index (κ3) is 5.55. The molecular formula is C21H26ClN3O2. The Morgan fingerprint density at radius 1 is 1.00 bits per heavy atom. The minimum Gasteiger partial charge on any atom is -0.352 e. The highest BCUT2D eigenvalue weighted by Crippen LogP contribution is 2.26. The zero-order valence-corrected chi connectivity index (χ0v) is 16.0. The average Bonchev–Trinajstić information content (AvgIpc) is 3.08. The molecule has 0 spiro atoms. The fourth-order valence-corrected chi connectivity index (χ4v) is 3.38. The molecule has 1 aliphatic rings. The number of carbonyl (C=O) groups is 2. The van der Waals surface area contributed by atoms with Crippen molar-refractivity contribution in [3.63, 3.8) is 0 Å². The van der Waals surface area contributed by atoms with Crippen molar-refractivity contribution in [3.05, 3.63) is 71.8 Å². The first-order chi connectivity index (χ1) is 12.6. The largest absolute Gasteiger partial charge is 0.352 e. The van der Waals surface area contributed by atoms with Gasteiger partial charge in [0.1, 0.15) is 0 Å². The first kappa shape index (κ1) is 20.9. The molecule has 1 saturated heterocycles. The molecule has 1 fully saturated rings. The van der Waals surface area contributed by atoms with E-state index in [1.807, 2.05) is 41.3 Å². The van der Waals surface area contributed by atoms with E-state index < -0.39 is 0 Å². The zero-order chi connectivity index (χ0) is 18.4. The number of rotatable bonds is 6. The maximum atomic E-state index is 12.4. The summed E-state index contributed by atoms with van der Waals surface area (Å²) in [6.07, 6.45) is 1.04. The number of nitrogens with two attached hydrogens (primary N) is 1. The van der Waals surface area contributed by atoms with E-state index in [1.165, 1.54) is 5.56 Å². The molecular weight excluding hydrogens is 362 g/mol. The van der Waals surface area contributed by atoms with Gasteiger partial charge in [0.2, 0.25) is 5.91 Å². The van der Waals surface area contributed by atoms with Crippen LogP contribution in [-0.2, 0) is 4.79 Å². The highest BCUT2D eigenvalue weighted by molar-refractivity contribution is 5.94. The number of carbonyl (C=O) groups excluding carboxylic acids is 2. The van der Waals surface area contributed by atoms with Crippen LogP contribution in [0, 0.1) is 0 Å². The summed E-state index contributed by atoms with van der Waals surface area (Å²) in [5.41, 5.74) is 8.07. The quantitative estimate of drug-likeness (QED) is 0.748. The molecule has 1 heterocycles. The third-order valence-corrected chi connectivity index (χ3v) is 4.83. The van der Waals surface area contributed by atoms with Crippen molar-refractivity contribution in [2.45, 2.75) is 24.8 Å². The molecule has 0 aromatic heterocycles. The molecule has 2 atom stereocenters. The lowest BCUT2D eigenvalue weighted by molar-refractivity contribution is -0.130. The monoisotopic (exact) mass is 387 g/mol. The summed E-state index contributed by atoms with van der Waals surface area (Å²) in [4.78, 5) is 26.3. The second-order valence-electron chi connectivity index (χ2n) is 6.71. The van der Waals surface area contributed by atoms with Crippen molar-refractivity contribution < 1.29 is 9.59 Å². The summed E-state index contributed by atoms with van der Waals surface area (Å²) in [5.74, 6) is 0.191. The maximum Gasteiger partial charge on any atom is 0.251 e. The van der Waals surface area contributed by atoms with Crippen LogP contribution >= 0.6 is 12.4 Å². The molecule has 0 saturated carbocycles. The minimum atomic E-state index is -0.106. The highest BCUT2D eigenvalue weighted by atomic mass is 35.5. The lowest BCUT2D eigenvalue weighted by Crippen LogP contribution is -2.32. The van der Waals surface area contributed by atoms with Crippen LogP contribution in [0.3, 0.4) is 0 Å². The third-order valence-electron chi connectivity index (χ3n) is 4.83. The Labute approximate surface area is 166 Å². The van der Waals surface area contributed by atoms with Crippen LogP contribution in [-0.4, -0.2) is 42.4 Å². The summed E-state index contributed by atoms with van der Waals surface area (Å²) in [5, 5.41) is 2.85. The fraction of sp³-hybridized carbons (Fsp3) is 0.333. The number of amides is 2. The Hall–Kier alpha value is -2.37. The number of hydrogen-bond donors (Lipinski definition) is 2. The van der Waals surface area contributed by atoms with E-state index in [9.17, 15) is 9.59 Å². The standard InChI is InChI=1S/C21H25N3O2.ClH/c22-19-15-24(14-18(19)16-8-3-1-4-9-16)20(25)12-7-13-23-21(26)17-10-5-2-6-11-17;/h1-6,8-11,18-19H,7,12-15,22H2,(H,23,26);1H/t18-,19+;/m0./s1. The van der Waals surface area contributed by atoms with E-state index in [-0.39, 0.29) is 36.2 Å². The highest BCUT2D eigenvalue weighted by Gasteiger charge is 2.33. The van der Waals surface area contributed by atoms with Gasteiger partial charge in [-0.3, -0.25) is 9.59 Å². The Balaban J connectivity index is 0.00000261. The van der Waals surface area contributed by atoms with Crippen molar-refractivity contribution >= 4 is 24.2 Å². The van der Waals surface area contributed by atoms with E-state index in [0.717, 1.165) is 0 Å². The van der Waals surface area contributed by atoms with E-state index in [0.29, 0.717) is 38.0 Å². The number of nitrogens with zero attached hydrogens (tertiary/aromatic N) is 1. The number of halogens is 1. The van der Waals surface area contributed by atoms with Crippen LogP contribution < -0.4 is 11.1 Å². The number of benzene rings is 2. The molecule has 5 nitrogen and oxygen atoms in total. The topological polar surface area (TPSA) is 75.4 Å². The van der Waals surface area contributed by atoms with Crippen molar-refractivity contribution in [1.29, 1.82) is 0 Å². The average molecular weight is 388 g/mol. The summed E-state index contributed by atoms with van der Waals surface area (Å²) in [6, 6.07) is 19.2. The van der Waals surface area contributed by atoms with Gasteiger partial charge in [-0.25, -0.2) is 0 Å². The van der Waals surface area contributed by atoms with E-state index in [1.54, 1.807) is 12.1 Å². The molecule has 2 aromatic carbocycles. The van der Waals surface area contributed by atoms with Crippen molar-refractivity contribution in [2.24, 2.45) is 5.73 Å². The molecule has 6 heteroatoms. The molecule has 144 valence electrons. The molecule has 27 heavy (non-hydrogen) atoms. The molecule has 0 bridgehead atoms. The fourth-order valence-electron chi connectivity index (χ4n) is 3.38. The lowest BCUT2D eigenvalue weighted by atomic mass is 9.95. The Morgan fingerprint density at radius 2 is 1.63 bits per heavy atom. The van der Waals surface area contributed by atoms with Crippen LogP contribution in [0.25, 0.3) is 0 Å². The van der Waals surface area contributed by atoms with Gasteiger partial charge in [-0.1, -0.05) is 48.5 Å². The molecule has 3 rings (SSSR count). The van der Waals surface area contributed by atoms with Crippen LogP contribution in [0.2, 0.25) is 0 Å². The van der Waals surface area contributed by atoms with Gasteiger partial charge < -0.3 is 16.0 Å². The van der Waals surface area contributed by atoms with Crippen LogP contribution in [0.4, 0.5) is 0 Å². The molecule has 0 radical (unpaired) electrons. The Bertz CT molecular complexity index is 740. The maximum absolute atomic E-state index is 12.4. The molecule has 0 aliphatic carbocycles. The Kier molecular flexibility index (Phi) is 7.82. The van der Waals surface area contributed by atoms with Gasteiger partial charge in [0.25, 0.3) is 5.91 Å². The number of likely N-dealkylation sites (tertiary alicyclic amines) is 1. The van der Waals surface area contributed by atoms with Gasteiger partial charge in [0.15, 0.2) is 0 Å². The van der Waals surface area contributed by atoms with Crippen molar-refractivity contribution in [1.82, 2.24) is 10.2 Å². The van der Waals surface area contributed by atoms with Gasteiger partial charge in [0.05, 0.1) is 0 Å². The second-order valence-corrected chi connectivity index (χ2v) is 6.71. The van der Waals surface area contributed by atoms with Gasteiger partial charge in [-0.2, -0.15) is 0 Å². The first-order valence-electron chi connectivity index (χ1n) is 9.06. The van der Waals surface area contributed by atoms with Gasteiger partial charge in [-0.15, -0.1) is 12.4 Å². The summed E-state index contributed by atoms with van der Waals surface area (Å²) >= 11 is 0. The first-order valence-corrected chi connectivity index (χ1v) is 9.06. The molecule has 0 unspecified atom stereocenters. The lowest BCUT2D eigenvalue weighted by Gasteiger charge is -2.16. The molecule has 2 amide bonds. The van der Waals surface area contributed by atoms with Crippen molar-refractivity contribution in [3.8, 4) is 0 Å². The smallest absolute Gasteiger partial charge is 0.251 e. The molecule has 1 aliphatic heterocycles. The second kappa shape index (κ2) is 10.1.